The van der Waals surface area contributed by atoms with Gasteiger partial charge in [0.15, 0.2) is 5.78 Å². The van der Waals surface area contributed by atoms with E-state index in [2.05, 4.69) is 0 Å². The SMILES string of the molecule is N#CCC(O)C(O)c1ccccc1C(=O)c1ccccc1. The van der Waals surface area contributed by atoms with Crippen LogP contribution >= 0.6 is 0 Å². The standard InChI is InChI=1S/C17H15NO3/c18-11-10-15(19)17(21)14-9-5-4-8-13(14)16(20)12-6-2-1-3-7-12/h1-9,15,17,19,21H,10H2. The molecule has 0 radical (unpaired) electrons. The molecular formula is C17H15NO3. The van der Waals surface area contributed by atoms with Gasteiger partial charge in [-0.2, -0.15) is 5.26 Å². The molecule has 0 aliphatic heterocycles. The molecule has 0 bridgehead atoms. The Morgan fingerprint density at radius 1 is 1.05 bits per heavy atom. The van der Waals surface area contributed by atoms with Gasteiger partial charge in [-0.3, -0.25) is 4.79 Å². The predicted molar refractivity (Wildman–Crippen MR) is 77.5 cm³/mol. The third-order valence-corrected chi connectivity index (χ3v) is 3.22. The van der Waals surface area contributed by atoms with Crippen molar-refractivity contribution in [1.29, 1.82) is 5.26 Å². The summed E-state index contributed by atoms with van der Waals surface area (Å²) in [7, 11) is 0. The van der Waals surface area contributed by atoms with E-state index in [0.29, 0.717) is 16.7 Å². The molecule has 0 heterocycles. The average Bonchev–Trinajstić information content (AvgIpc) is 2.54. The molecule has 2 unspecified atom stereocenters. The Kier molecular flexibility index (Phi) is 4.83. The molecule has 2 rings (SSSR count). The van der Waals surface area contributed by atoms with Crippen molar-refractivity contribution in [3.8, 4) is 6.07 Å². The van der Waals surface area contributed by atoms with Crippen LogP contribution in [0.4, 0.5) is 0 Å². The van der Waals surface area contributed by atoms with Gasteiger partial charge >= 0.3 is 0 Å². The molecular weight excluding hydrogens is 266 g/mol. The second-order valence-corrected chi connectivity index (χ2v) is 4.66. The van der Waals surface area contributed by atoms with E-state index in [1.165, 1.54) is 0 Å². The number of aliphatic hydroxyl groups excluding tert-OH is 2. The van der Waals surface area contributed by atoms with Gasteiger partial charge in [0.2, 0.25) is 0 Å². The highest BCUT2D eigenvalue weighted by atomic mass is 16.3. The normalized spacial score (nSPS) is 13.2. The summed E-state index contributed by atoms with van der Waals surface area (Å²) in [6.07, 6.45) is -2.69. The number of rotatable bonds is 5. The second-order valence-electron chi connectivity index (χ2n) is 4.66. The van der Waals surface area contributed by atoms with Gasteiger partial charge in [-0.05, 0) is 5.56 Å². The summed E-state index contributed by atoms with van der Waals surface area (Å²) in [4.78, 5) is 12.5. The van der Waals surface area contributed by atoms with Gasteiger partial charge in [-0.25, -0.2) is 0 Å². The summed E-state index contributed by atoms with van der Waals surface area (Å²) >= 11 is 0. The summed E-state index contributed by atoms with van der Waals surface area (Å²) in [6, 6.07) is 17.1. The molecule has 0 saturated carbocycles. The molecule has 0 saturated heterocycles. The highest BCUT2D eigenvalue weighted by molar-refractivity contribution is 6.09. The number of hydrogen-bond donors (Lipinski definition) is 2. The molecule has 0 fully saturated rings. The van der Waals surface area contributed by atoms with E-state index >= 15 is 0 Å². The minimum atomic E-state index is -1.27. The van der Waals surface area contributed by atoms with Crippen LogP contribution in [0, 0.1) is 11.3 Å². The van der Waals surface area contributed by atoms with E-state index in [4.69, 9.17) is 5.26 Å². The molecule has 0 aliphatic carbocycles. The van der Waals surface area contributed by atoms with Crippen LogP contribution in [0.5, 0.6) is 0 Å². The molecule has 2 atom stereocenters. The van der Waals surface area contributed by atoms with Gasteiger partial charge in [0.05, 0.1) is 18.6 Å². The zero-order valence-corrected chi connectivity index (χ0v) is 11.3. The predicted octanol–water partition coefficient (Wildman–Crippen LogP) is 2.23. The summed E-state index contributed by atoms with van der Waals surface area (Å²) < 4.78 is 0. The summed E-state index contributed by atoms with van der Waals surface area (Å²) in [5.74, 6) is -0.227. The van der Waals surface area contributed by atoms with Gasteiger partial charge in [0, 0.05) is 11.1 Å². The van der Waals surface area contributed by atoms with Gasteiger partial charge < -0.3 is 10.2 Å². The number of ketones is 1. The number of nitriles is 1. The first-order chi connectivity index (χ1) is 10.1. The minimum absolute atomic E-state index is 0.199. The lowest BCUT2D eigenvalue weighted by Gasteiger charge is -2.18. The van der Waals surface area contributed by atoms with Crippen molar-refractivity contribution in [1.82, 2.24) is 0 Å². The van der Waals surface area contributed by atoms with E-state index in [-0.39, 0.29) is 12.2 Å². The Morgan fingerprint density at radius 3 is 2.33 bits per heavy atom. The lowest BCUT2D eigenvalue weighted by Crippen LogP contribution is -2.20. The van der Waals surface area contributed by atoms with E-state index in [1.54, 1.807) is 54.6 Å². The first kappa shape index (κ1) is 14.9. The molecule has 0 aliphatic rings. The lowest BCUT2D eigenvalue weighted by atomic mass is 9.92. The van der Waals surface area contributed by atoms with E-state index < -0.39 is 12.2 Å². The number of nitrogens with zero attached hydrogens (tertiary/aromatic N) is 1. The summed E-state index contributed by atoms with van der Waals surface area (Å²) in [5, 5.41) is 28.5. The Bertz CT molecular complexity index is 661. The van der Waals surface area contributed by atoms with Gasteiger partial charge in [-0.15, -0.1) is 0 Å². The number of carbonyl (C=O) groups is 1. The van der Waals surface area contributed by atoms with Crippen molar-refractivity contribution in [2.45, 2.75) is 18.6 Å². The van der Waals surface area contributed by atoms with Crippen LogP contribution in [0.3, 0.4) is 0 Å². The van der Waals surface area contributed by atoms with Crippen LogP contribution in [-0.2, 0) is 0 Å². The fourth-order valence-corrected chi connectivity index (χ4v) is 2.12. The highest BCUT2D eigenvalue weighted by Crippen LogP contribution is 2.24. The quantitative estimate of drug-likeness (QED) is 0.823. The molecule has 2 aromatic rings. The van der Waals surface area contributed by atoms with Crippen LogP contribution < -0.4 is 0 Å². The summed E-state index contributed by atoms with van der Waals surface area (Å²) in [6.45, 7) is 0. The molecule has 0 aromatic heterocycles. The van der Waals surface area contributed by atoms with E-state index in [0.717, 1.165) is 0 Å². The molecule has 4 nitrogen and oxygen atoms in total. The van der Waals surface area contributed by atoms with Crippen LogP contribution in [0.2, 0.25) is 0 Å². The fraction of sp³-hybridized carbons (Fsp3) is 0.176. The fourth-order valence-electron chi connectivity index (χ4n) is 2.12. The van der Waals surface area contributed by atoms with Crippen LogP contribution in [0.15, 0.2) is 54.6 Å². The van der Waals surface area contributed by atoms with Gasteiger partial charge in [0.1, 0.15) is 6.10 Å². The average molecular weight is 281 g/mol. The monoisotopic (exact) mass is 281 g/mol. The number of aliphatic hydroxyl groups is 2. The molecule has 0 amide bonds. The Morgan fingerprint density at radius 2 is 1.67 bits per heavy atom. The van der Waals surface area contributed by atoms with Crippen molar-refractivity contribution >= 4 is 5.78 Å². The number of benzene rings is 2. The maximum atomic E-state index is 12.5. The zero-order valence-electron chi connectivity index (χ0n) is 11.3. The van der Waals surface area contributed by atoms with Crippen molar-refractivity contribution < 1.29 is 15.0 Å². The first-order valence-corrected chi connectivity index (χ1v) is 6.57. The van der Waals surface area contributed by atoms with Crippen molar-refractivity contribution in [3.63, 3.8) is 0 Å². The van der Waals surface area contributed by atoms with Crippen molar-refractivity contribution in [3.05, 3.63) is 71.3 Å². The molecule has 4 heteroatoms. The molecule has 21 heavy (non-hydrogen) atoms. The minimum Gasteiger partial charge on any atom is -0.389 e. The molecule has 106 valence electrons. The molecule has 0 spiro atoms. The topological polar surface area (TPSA) is 81.3 Å². The maximum Gasteiger partial charge on any atom is 0.193 e. The Labute approximate surface area is 122 Å². The van der Waals surface area contributed by atoms with Crippen molar-refractivity contribution in [2.75, 3.05) is 0 Å². The Balaban J connectivity index is 2.38. The van der Waals surface area contributed by atoms with Crippen LogP contribution in [-0.4, -0.2) is 22.1 Å². The lowest BCUT2D eigenvalue weighted by molar-refractivity contribution is 0.0212. The van der Waals surface area contributed by atoms with E-state index in [9.17, 15) is 15.0 Å². The highest BCUT2D eigenvalue weighted by Gasteiger charge is 2.23. The Hall–Kier alpha value is -2.48. The third-order valence-electron chi connectivity index (χ3n) is 3.22. The number of hydrogen-bond acceptors (Lipinski definition) is 4. The van der Waals surface area contributed by atoms with Gasteiger partial charge in [-0.1, -0.05) is 54.6 Å². The van der Waals surface area contributed by atoms with Crippen molar-refractivity contribution in [2.24, 2.45) is 0 Å². The smallest absolute Gasteiger partial charge is 0.193 e. The molecule has 2 aromatic carbocycles. The molecule has 2 N–H and O–H groups in total. The maximum absolute atomic E-state index is 12.5. The largest absolute Gasteiger partial charge is 0.389 e. The van der Waals surface area contributed by atoms with Gasteiger partial charge in [0.25, 0.3) is 0 Å². The zero-order chi connectivity index (χ0) is 15.2. The third kappa shape index (κ3) is 3.34. The summed E-state index contributed by atoms with van der Waals surface area (Å²) in [5.41, 5.74) is 1.16. The van der Waals surface area contributed by atoms with Crippen LogP contribution in [0.1, 0.15) is 34.0 Å². The van der Waals surface area contributed by atoms with Crippen LogP contribution in [0.25, 0.3) is 0 Å². The first-order valence-electron chi connectivity index (χ1n) is 6.57. The van der Waals surface area contributed by atoms with E-state index in [1.807, 2.05) is 6.07 Å². The number of carbonyl (C=O) groups excluding carboxylic acids is 1. The second kappa shape index (κ2) is 6.80.